The molecule has 1 aromatic heterocycles. The van der Waals surface area contributed by atoms with Crippen LogP contribution in [0.25, 0.3) is 0 Å². The maximum atomic E-state index is 5.93. The fourth-order valence-electron chi connectivity index (χ4n) is 3.38. The van der Waals surface area contributed by atoms with Crippen LogP contribution in [-0.2, 0) is 6.54 Å². The smallest absolute Gasteiger partial charge is 0.129 e. The van der Waals surface area contributed by atoms with E-state index in [0.717, 1.165) is 38.3 Å². The number of likely N-dealkylation sites (tertiary alicyclic amines) is 1. The van der Waals surface area contributed by atoms with Gasteiger partial charge in [0.2, 0.25) is 0 Å². The average molecular weight is 279 g/mol. The van der Waals surface area contributed by atoms with E-state index in [1.165, 1.54) is 12.8 Å². The zero-order valence-electron chi connectivity index (χ0n) is 13.1. The minimum absolute atomic E-state index is 0.0160. The van der Waals surface area contributed by atoms with E-state index in [9.17, 15) is 0 Å². The Bertz CT molecular complexity index is 410. The molecule has 114 valence electrons. The van der Waals surface area contributed by atoms with Gasteiger partial charge < -0.3 is 4.57 Å². The van der Waals surface area contributed by atoms with Crippen molar-refractivity contribution in [2.75, 3.05) is 13.1 Å². The summed E-state index contributed by atoms with van der Waals surface area (Å²) in [5.41, 5.74) is 3.06. The first-order chi connectivity index (χ1) is 9.67. The summed E-state index contributed by atoms with van der Waals surface area (Å²) in [4.78, 5) is 7.16. The first kappa shape index (κ1) is 15.5. The van der Waals surface area contributed by atoms with Gasteiger partial charge in [-0.2, -0.15) is 0 Å². The molecule has 1 aliphatic rings. The van der Waals surface area contributed by atoms with E-state index in [1.807, 2.05) is 6.20 Å². The molecule has 0 spiro atoms. The monoisotopic (exact) mass is 279 g/mol. The van der Waals surface area contributed by atoms with Crippen molar-refractivity contribution >= 4 is 0 Å². The summed E-state index contributed by atoms with van der Waals surface area (Å²) in [6.45, 7) is 10.1. The number of hydrogen-bond acceptors (Lipinski definition) is 4. The van der Waals surface area contributed by atoms with Gasteiger partial charge in [-0.25, -0.2) is 10.4 Å². The van der Waals surface area contributed by atoms with E-state index in [0.29, 0.717) is 0 Å². The summed E-state index contributed by atoms with van der Waals surface area (Å²) < 4.78 is 2.23. The molecule has 1 saturated heterocycles. The maximum Gasteiger partial charge on any atom is 0.129 e. The van der Waals surface area contributed by atoms with Gasteiger partial charge in [0.1, 0.15) is 5.82 Å². The van der Waals surface area contributed by atoms with Gasteiger partial charge in [-0.05, 0) is 45.7 Å². The third kappa shape index (κ3) is 2.75. The Morgan fingerprint density at radius 2 is 2.10 bits per heavy atom. The van der Waals surface area contributed by atoms with Crippen LogP contribution in [0, 0.1) is 0 Å². The Balaban J connectivity index is 2.30. The number of imidazole rings is 1. The molecule has 3 N–H and O–H groups in total. The second-order valence-electron chi connectivity index (χ2n) is 5.98. The second kappa shape index (κ2) is 6.70. The Labute approximate surface area is 122 Å². The van der Waals surface area contributed by atoms with Crippen LogP contribution in [0.3, 0.4) is 0 Å². The number of aryl methyl sites for hydroxylation is 1. The van der Waals surface area contributed by atoms with Gasteiger partial charge in [0.15, 0.2) is 0 Å². The highest BCUT2D eigenvalue weighted by Crippen LogP contribution is 2.35. The van der Waals surface area contributed by atoms with Crippen LogP contribution in [0.4, 0.5) is 0 Å². The van der Waals surface area contributed by atoms with E-state index in [4.69, 9.17) is 5.84 Å². The van der Waals surface area contributed by atoms with Gasteiger partial charge in [-0.1, -0.05) is 13.8 Å². The number of rotatable bonds is 7. The molecule has 2 rings (SSSR count). The lowest BCUT2D eigenvalue weighted by Gasteiger charge is -2.43. The first-order valence-electron chi connectivity index (χ1n) is 7.89. The third-order valence-electron chi connectivity index (χ3n) is 4.80. The van der Waals surface area contributed by atoms with Crippen molar-refractivity contribution in [2.45, 2.75) is 64.6 Å². The van der Waals surface area contributed by atoms with Crippen LogP contribution in [0.1, 0.15) is 58.3 Å². The lowest BCUT2D eigenvalue weighted by Crippen LogP contribution is -2.55. The third-order valence-corrected chi connectivity index (χ3v) is 4.80. The minimum atomic E-state index is 0.0160. The molecular formula is C15H29N5. The number of hydrazine groups is 1. The molecule has 0 radical (unpaired) electrons. The highest BCUT2D eigenvalue weighted by molar-refractivity contribution is 5.10. The molecule has 1 aliphatic heterocycles. The van der Waals surface area contributed by atoms with E-state index in [1.54, 1.807) is 0 Å². The van der Waals surface area contributed by atoms with Crippen molar-refractivity contribution in [1.29, 1.82) is 0 Å². The van der Waals surface area contributed by atoms with Crippen molar-refractivity contribution in [3.8, 4) is 0 Å². The predicted molar refractivity (Wildman–Crippen MR) is 82.1 cm³/mol. The molecule has 1 fully saturated rings. The van der Waals surface area contributed by atoms with Crippen LogP contribution in [0.15, 0.2) is 12.4 Å². The number of nitrogens with one attached hydrogen (secondary N) is 1. The molecule has 2 heterocycles. The molecule has 0 aromatic carbocycles. The average Bonchev–Trinajstić information content (AvgIpc) is 3.12. The van der Waals surface area contributed by atoms with E-state index in [2.05, 4.69) is 46.8 Å². The molecule has 20 heavy (non-hydrogen) atoms. The normalized spacial score (nSPS) is 21.0. The summed E-state index contributed by atoms with van der Waals surface area (Å²) in [5, 5.41) is 0. The van der Waals surface area contributed by atoms with Crippen LogP contribution in [-0.4, -0.2) is 33.1 Å². The summed E-state index contributed by atoms with van der Waals surface area (Å²) >= 11 is 0. The van der Waals surface area contributed by atoms with Crippen molar-refractivity contribution in [2.24, 2.45) is 5.84 Å². The topological polar surface area (TPSA) is 59.1 Å². The van der Waals surface area contributed by atoms with Crippen molar-refractivity contribution in [1.82, 2.24) is 19.9 Å². The quantitative estimate of drug-likeness (QED) is 0.592. The summed E-state index contributed by atoms with van der Waals surface area (Å²) in [7, 11) is 0. The first-order valence-corrected chi connectivity index (χ1v) is 7.89. The van der Waals surface area contributed by atoms with Crippen molar-refractivity contribution < 1.29 is 0 Å². The molecular weight excluding hydrogens is 250 g/mol. The van der Waals surface area contributed by atoms with E-state index in [-0.39, 0.29) is 11.6 Å². The Morgan fingerprint density at radius 3 is 2.65 bits per heavy atom. The van der Waals surface area contributed by atoms with Gasteiger partial charge in [0.05, 0.1) is 6.04 Å². The van der Waals surface area contributed by atoms with Gasteiger partial charge in [-0.3, -0.25) is 10.7 Å². The molecule has 5 nitrogen and oxygen atoms in total. The van der Waals surface area contributed by atoms with Crippen LogP contribution >= 0.6 is 0 Å². The molecule has 5 heteroatoms. The Hall–Kier alpha value is -0.910. The van der Waals surface area contributed by atoms with E-state index >= 15 is 0 Å². The van der Waals surface area contributed by atoms with Gasteiger partial charge in [-0.15, -0.1) is 0 Å². The van der Waals surface area contributed by atoms with Crippen LogP contribution in [0.5, 0.6) is 0 Å². The summed E-state index contributed by atoms with van der Waals surface area (Å²) in [6, 6.07) is 0.0622. The minimum Gasteiger partial charge on any atom is -0.334 e. The molecule has 0 saturated carbocycles. The molecule has 2 atom stereocenters. The lowest BCUT2D eigenvalue weighted by atomic mass is 9.87. The molecule has 0 bridgehead atoms. The van der Waals surface area contributed by atoms with E-state index < -0.39 is 0 Å². The Morgan fingerprint density at radius 1 is 1.40 bits per heavy atom. The number of nitrogens with two attached hydrogens (primary N) is 1. The van der Waals surface area contributed by atoms with Gasteiger partial charge >= 0.3 is 0 Å². The zero-order chi connectivity index (χ0) is 14.6. The second-order valence-corrected chi connectivity index (χ2v) is 5.98. The summed E-state index contributed by atoms with van der Waals surface area (Å²) in [5.74, 6) is 6.99. The van der Waals surface area contributed by atoms with Gasteiger partial charge in [0.25, 0.3) is 0 Å². The van der Waals surface area contributed by atoms with Crippen LogP contribution < -0.4 is 11.3 Å². The number of nitrogens with zero attached hydrogens (tertiary/aromatic N) is 3. The number of aromatic nitrogens is 2. The maximum absolute atomic E-state index is 5.93. The van der Waals surface area contributed by atoms with Crippen molar-refractivity contribution in [3.63, 3.8) is 0 Å². The largest absolute Gasteiger partial charge is 0.334 e. The van der Waals surface area contributed by atoms with Gasteiger partial charge in [0, 0.05) is 24.5 Å². The molecule has 1 aromatic rings. The zero-order valence-corrected chi connectivity index (χ0v) is 13.1. The fraction of sp³-hybridized carbons (Fsp3) is 0.800. The Kier molecular flexibility index (Phi) is 5.18. The molecule has 2 unspecified atom stereocenters. The standard InChI is InChI=1S/C15H29N5/c1-4-9-19-12-8-17-14(19)13(18-16)15(3,5-2)20-10-6-7-11-20/h8,12-13,18H,4-7,9-11,16H2,1-3H3. The predicted octanol–water partition coefficient (Wildman–Crippen LogP) is 2.06. The van der Waals surface area contributed by atoms with Crippen molar-refractivity contribution in [3.05, 3.63) is 18.2 Å². The summed E-state index contributed by atoms with van der Waals surface area (Å²) in [6.07, 6.45) is 8.68. The lowest BCUT2D eigenvalue weighted by molar-refractivity contribution is 0.0788. The molecule has 0 aliphatic carbocycles. The SMILES string of the molecule is CCCn1ccnc1C(NN)C(C)(CC)N1CCCC1. The van der Waals surface area contributed by atoms with Crippen LogP contribution in [0.2, 0.25) is 0 Å². The highest BCUT2D eigenvalue weighted by Gasteiger charge is 2.41. The number of hydrogen-bond donors (Lipinski definition) is 2. The highest BCUT2D eigenvalue weighted by atomic mass is 15.3. The fourth-order valence-corrected chi connectivity index (χ4v) is 3.38. The molecule has 0 amide bonds.